The molecule has 1 aromatic heterocycles. The maximum Gasteiger partial charge on any atom is 0.109 e. The third-order valence-corrected chi connectivity index (χ3v) is 1.11. The molecular weight excluding hydrogens is 135 g/mol. The number of halogens is 1. The van der Waals surface area contributed by atoms with Gasteiger partial charge in [-0.15, -0.1) is 5.10 Å². The van der Waals surface area contributed by atoms with E-state index < -0.39 is 6.67 Å². The first-order valence-electron chi connectivity index (χ1n) is 3.02. The minimum Gasteiger partial charge on any atom is -0.325 e. The molecule has 5 heteroatoms. The van der Waals surface area contributed by atoms with E-state index in [1.54, 1.807) is 6.20 Å². The normalized spacial score (nSPS) is 10.2. The number of nitrogens with two attached hydrogens (primary N) is 1. The standard InChI is InChI=1S/C5H9FN4/c6-1-2-10-4-5(3-7)8-9-10/h4H,1-3,7H2. The minimum absolute atomic E-state index is 0.257. The van der Waals surface area contributed by atoms with Crippen LogP contribution in [-0.2, 0) is 13.1 Å². The van der Waals surface area contributed by atoms with Crippen LogP contribution in [-0.4, -0.2) is 21.7 Å². The maximum absolute atomic E-state index is 11.7. The molecule has 0 aliphatic carbocycles. The molecule has 0 bridgehead atoms. The van der Waals surface area contributed by atoms with Crippen molar-refractivity contribution in [2.24, 2.45) is 5.73 Å². The van der Waals surface area contributed by atoms with E-state index in [4.69, 9.17) is 5.73 Å². The van der Waals surface area contributed by atoms with Gasteiger partial charge in [0.05, 0.1) is 12.2 Å². The molecule has 0 aliphatic heterocycles. The van der Waals surface area contributed by atoms with Crippen molar-refractivity contribution in [1.29, 1.82) is 0 Å². The SMILES string of the molecule is NCc1cn(CCF)nn1. The lowest BCUT2D eigenvalue weighted by atomic mass is 10.5. The molecule has 0 radical (unpaired) electrons. The molecule has 0 saturated heterocycles. The molecule has 0 amide bonds. The Balaban J connectivity index is 2.59. The third kappa shape index (κ3) is 1.51. The molecule has 0 unspecified atom stereocenters. The Hall–Kier alpha value is -0.970. The smallest absolute Gasteiger partial charge is 0.109 e. The summed E-state index contributed by atoms with van der Waals surface area (Å²) in [4.78, 5) is 0. The lowest BCUT2D eigenvalue weighted by molar-refractivity contribution is 0.422. The van der Waals surface area contributed by atoms with E-state index in [9.17, 15) is 4.39 Å². The number of rotatable bonds is 3. The van der Waals surface area contributed by atoms with E-state index in [0.717, 1.165) is 0 Å². The van der Waals surface area contributed by atoms with Gasteiger partial charge < -0.3 is 5.73 Å². The molecule has 1 heterocycles. The van der Waals surface area contributed by atoms with Gasteiger partial charge in [-0.1, -0.05) is 5.21 Å². The van der Waals surface area contributed by atoms with Gasteiger partial charge in [0.2, 0.25) is 0 Å². The van der Waals surface area contributed by atoms with Gasteiger partial charge in [0.15, 0.2) is 0 Å². The molecule has 4 nitrogen and oxygen atoms in total. The van der Waals surface area contributed by atoms with Crippen molar-refractivity contribution in [1.82, 2.24) is 15.0 Å². The van der Waals surface area contributed by atoms with Crippen LogP contribution in [0, 0.1) is 0 Å². The summed E-state index contributed by atoms with van der Waals surface area (Å²) < 4.78 is 13.1. The first-order chi connectivity index (χ1) is 4.86. The summed E-state index contributed by atoms with van der Waals surface area (Å²) in [5.74, 6) is 0. The van der Waals surface area contributed by atoms with E-state index >= 15 is 0 Å². The predicted octanol–water partition coefficient (Wildman–Crippen LogP) is -0.294. The average molecular weight is 144 g/mol. The van der Waals surface area contributed by atoms with Crippen LogP contribution in [0.15, 0.2) is 6.20 Å². The van der Waals surface area contributed by atoms with Crippen LogP contribution < -0.4 is 5.73 Å². The number of aryl methyl sites for hydroxylation is 1. The van der Waals surface area contributed by atoms with E-state index in [0.29, 0.717) is 12.2 Å². The third-order valence-electron chi connectivity index (χ3n) is 1.11. The van der Waals surface area contributed by atoms with Gasteiger partial charge in [-0.2, -0.15) is 0 Å². The molecule has 0 saturated carbocycles. The van der Waals surface area contributed by atoms with Gasteiger partial charge in [0.25, 0.3) is 0 Å². The summed E-state index contributed by atoms with van der Waals surface area (Å²) in [7, 11) is 0. The topological polar surface area (TPSA) is 56.7 Å². The monoisotopic (exact) mass is 144 g/mol. The highest BCUT2D eigenvalue weighted by Gasteiger charge is 1.95. The van der Waals surface area contributed by atoms with Gasteiger partial charge in [-0.25, -0.2) is 9.07 Å². The fourth-order valence-electron chi connectivity index (χ4n) is 0.628. The Morgan fingerprint density at radius 2 is 2.50 bits per heavy atom. The Bertz CT molecular complexity index is 197. The first kappa shape index (κ1) is 7.14. The second kappa shape index (κ2) is 3.26. The van der Waals surface area contributed by atoms with Crippen LogP contribution in [0.1, 0.15) is 5.69 Å². The van der Waals surface area contributed by atoms with Gasteiger partial charge in [-0.05, 0) is 0 Å². The van der Waals surface area contributed by atoms with Gasteiger partial charge in [0.1, 0.15) is 6.67 Å². The van der Waals surface area contributed by atoms with Gasteiger partial charge in [-0.3, -0.25) is 0 Å². The number of hydrogen-bond acceptors (Lipinski definition) is 3. The average Bonchev–Trinajstić information content (AvgIpc) is 2.37. The summed E-state index contributed by atoms with van der Waals surface area (Å²) in [6, 6.07) is 0. The molecule has 2 N–H and O–H groups in total. The number of aromatic nitrogens is 3. The Kier molecular flexibility index (Phi) is 2.33. The molecular formula is C5H9FN4. The zero-order chi connectivity index (χ0) is 7.40. The Morgan fingerprint density at radius 3 is 3.00 bits per heavy atom. The largest absolute Gasteiger partial charge is 0.325 e. The summed E-state index contributed by atoms with van der Waals surface area (Å²) in [5, 5.41) is 7.30. The van der Waals surface area contributed by atoms with Gasteiger partial charge >= 0.3 is 0 Å². The Labute approximate surface area is 57.8 Å². The lowest BCUT2D eigenvalue weighted by Crippen LogP contribution is -1.99. The van der Waals surface area contributed by atoms with Crippen LogP contribution in [0.3, 0.4) is 0 Å². The van der Waals surface area contributed by atoms with E-state index in [1.165, 1.54) is 4.68 Å². The molecule has 0 spiro atoms. The molecule has 10 heavy (non-hydrogen) atoms. The first-order valence-corrected chi connectivity index (χ1v) is 3.02. The van der Waals surface area contributed by atoms with Crippen molar-refractivity contribution in [3.63, 3.8) is 0 Å². The summed E-state index contributed by atoms with van der Waals surface area (Å²) >= 11 is 0. The van der Waals surface area contributed by atoms with Crippen molar-refractivity contribution in [2.45, 2.75) is 13.1 Å². The number of nitrogens with zero attached hydrogens (tertiary/aromatic N) is 3. The van der Waals surface area contributed by atoms with Crippen LogP contribution in [0.25, 0.3) is 0 Å². The molecule has 0 fully saturated rings. The minimum atomic E-state index is -0.423. The Morgan fingerprint density at radius 1 is 1.70 bits per heavy atom. The highest BCUT2D eigenvalue weighted by Crippen LogP contribution is 1.90. The van der Waals surface area contributed by atoms with E-state index in [1.807, 2.05) is 0 Å². The van der Waals surface area contributed by atoms with Crippen LogP contribution >= 0.6 is 0 Å². The molecule has 56 valence electrons. The lowest BCUT2D eigenvalue weighted by Gasteiger charge is -1.89. The highest BCUT2D eigenvalue weighted by molar-refractivity contribution is 4.89. The fraction of sp³-hybridized carbons (Fsp3) is 0.600. The molecule has 0 aliphatic rings. The van der Waals surface area contributed by atoms with Crippen LogP contribution in [0.4, 0.5) is 4.39 Å². The summed E-state index contributed by atoms with van der Waals surface area (Å²) in [6.07, 6.45) is 1.64. The summed E-state index contributed by atoms with van der Waals surface area (Å²) in [6.45, 7) is 0.187. The van der Waals surface area contributed by atoms with Crippen molar-refractivity contribution in [3.8, 4) is 0 Å². The van der Waals surface area contributed by atoms with Crippen molar-refractivity contribution >= 4 is 0 Å². The quantitative estimate of drug-likeness (QED) is 0.634. The maximum atomic E-state index is 11.7. The second-order valence-corrected chi connectivity index (χ2v) is 1.87. The number of alkyl halides is 1. The van der Waals surface area contributed by atoms with Crippen LogP contribution in [0.2, 0.25) is 0 Å². The van der Waals surface area contributed by atoms with Crippen LogP contribution in [0.5, 0.6) is 0 Å². The van der Waals surface area contributed by atoms with Gasteiger partial charge in [0, 0.05) is 12.7 Å². The summed E-state index contributed by atoms with van der Waals surface area (Å²) in [5.41, 5.74) is 5.94. The molecule has 0 atom stereocenters. The van der Waals surface area contributed by atoms with Crippen molar-refractivity contribution in [2.75, 3.05) is 6.67 Å². The van der Waals surface area contributed by atoms with E-state index in [2.05, 4.69) is 10.3 Å². The molecule has 0 aromatic carbocycles. The molecule has 1 rings (SSSR count). The van der Waals surface area contributed by atoms with E-state index in [-0.39, 0.29) is 6.54 Å². The zero-order valence-corrected chi connectivity index (χ0v) is 5.50. The predicted molar refractivity (Wildman–Crippen MR) is 33.9 cm³/mol. The van der Waals surface area contributed by atoms with Crippen molar-refractivity contribution in [3.05, 3.63) is 11.9 Å². The highest BCUT2D eigenvalue weighted by atomic mass is 19.1. The molecule has 1 aromatic rings. The van der Waals surface area contributed by atoms with Crippen molar-refractivity contribution < 1.29 is 4.39 Å². The fourth-order valence-corrected chi connectivity index (χ4v) is 0.628. The zero-order valence-electron chi connectivity index (χ0n) is 5.50. The number of hydrogen-bond donors (Lipinski definition) is 1. The second-order valence-electron chi connectivity index (χ2n) is 1.87.